The molecule has 10 rings (SSSR count). The minimum Gasteiger partial charge on any atom is -0.508 e. The number of pyridine rings is 1. The summed E-state index contributed by atoms with van der Waals surface area (Å²) in [6.07, 6.45) is 3.40. The fraction of sp³-hybridized carbons (Fsp3) is 0.417. The van der Waals surface area contributed by atoms with Crippen molar-refractivity contribution >= 4 is 44.4 Å². The highest BCUT2D eigenvalue weighted by Gasteiger charge is 2.48. The highest BCUT2D eigenvalue weighted by Crippen LogP contribution is 2.57. The van der Waals surface area contributed by atoms with Crippen molar-refractivity contribution in [2.24, 2.45) is 11.3 Å². The van der Waals surface area contributed by atoms with Gasteiger partial charge in [0.05, 0.1) is 42.3 Å². The number of amides is 3. The van der Waals surface area contributed by atoms with Crippen LogP contribution < -0.4 is 10.7 Å². The Hall–Kier alpha value is -7.30. The highest BCUT2D eigenvalue weighted by molar-refractivity contribution is 7.91. The molecule has 0 saturated carbocycles. The monoisotopic (exact) mass is 1080 g/mol. The molecule has 17 nitrogen and oxygen atoms in total. The first-order valence-corrected chi connectivity index (χ1v) is 28.6. The number of carbonyl (C=O) groups is 4. The van der Waals surface area contributed by atoms with Crippen molar-refractivity contribution in [3.8, 4) is 51.1 Å². The molecule has 3 amide bonds. The number of aromatic nitrogens is 2. The van der Waals surface area contributed by atoms with E-state index in [1.165, 1.54) is 16.2 Å². The first-order chi connectivity index (χ1) is 37.4. The summed E-state index contributed by atoms with van der Waals surface area (Å²) in [6.45, 7) is 12.0. The third kappa shape index (κ3) is 10.6. The first kappa shape index (κ1) is 54.1. The predicted octanol–water partition coefficient (Wildman–Crippen LogP) is 7.13. The smallest absolute Gasteiger partial charge is 0.324 e. The second kappa shape index (κ2) is 21.9. The molecule has 0 spiro atoms. The van der Waals surface area contributed by atoms with Crippen LogP contribution in [0.1, 0.15) is 92.4 Å². The Labute approximate surface area is 455 Å². The summed E-state index contributed by atoms with van der Waals surface area (Å²) in [5.74, 6) is 3.88. The van der Waals surface area contributed by atoms with Crippen LogP contribution in [0.2, 0.25) is 0 Å². The number of ether oxygens (including phenoxy) is 2. The van der Waals surface area contributed by atoms with E-state index in [1.807, 2.05) is 67.3 Å². The number of hydrogen-bond acceptors (Lipinski definition) is 13. The number of furan rings is 1. The third-order valence-electron chi connectivity index (χ3n) is 15.8. The maximum absolute atomic E-state index is 15.0. The lowest BCUT2D eigenvalue weighted by molar-refractivity contribution is -0.156. The molecular weight excluding hydrogens is 1010 g/mol. The van der Waals surface area contributed by atoms with Crippen LogP contribution in [0.5, 0.6) is 5.75 Å². The van der Waals surface area contributed by atoms with Crippen molar-refractivity contribution in [1.82, 2.24) is 35.1 Å². The van der Waals surface area contributed by atoms with Crippen LogP contribution >= 0.6 is 0 Å². The van der Waals surface area contributed by atoms with E-state index in [0.29, 0.717) is 61.3 Å². The average Bonchev–Trinajstić information content (AvgIpc) is 3.51. The number of carbonyl (C=O) groups excluding carboxylic acids is 4. The molecule has 5 atom stereocenters. The lowest BCUT2D eigenvalue weighted by atomic mass is 9.67. The number of phenols is 1. The number of aryl methyl sites for hydroxylation is 1. The minimum absolute atomic E-state index is 0.0145. The van der Waals surface area contributed by atoms with Crippen LogP contribution in [0, 0.1) is 23.2 Å². The van der Waals surface area contributed by atoms with Crippen molar-refractivity contribution in [3.63, 3.8) is 0 Å². The van der Waals surface area contributed by atoms with Gasteiger partial charge in [-0.05, 0) is 89.9 Å². The number of aromatic hydroxyl groups is 1. The third-order valence-corrected chi connectivity index (χ3v) is 17.4. The summed E-state index contributed by atoms with van der Waals surface area (Å²) in [5.41, 5.74) is 10.9. The molecule has 1 aliphatic carbocycles. The maximum Gasteiger partial charge on any atom is 0.324 e. The normalized spacial score (nSPS) is 21.4. The van der Waals surface area contributed by atoms with Gasteiger partial charge in [0.15, 0.2) is 15.6 Å². The zero-order valence-corrected chi connectivity index (χ0v) is 46.0. The number of likely N-dealkylation sites (N-methyl/N-ethyl adjacent to an activating group) is 1. The van der Waals surface area contributed by atoms with E-state index in [9.17, 15) is 32.7 Å². The van der Waals surface area contributed by atoms with Gasteiger partial charge in [-0.3, -0.25) is 34.1 Å². The lowest BCUT2D eigenvalue weighted by Crippen LogP contribution is -2.62. The SMILES string of the molecule is CCn1c2c3c4cc(ccc41)-c1cc(O)cc(c1)CC(NC(=O)C(C(C)C)N(C)C(=O)c1occc1-c1ccccc1)C(=O)N1CCCC(N1)C(=O)OCC(C)(C)C3C(OC)c1ncc(C#CCN3CCS(=O)(=O)CC3)cc1-2. The van der Waals surface area contributed by atoms with Gasteiger partial charge < -0.3 is 33.8 Å². The van der Waals surface area contributed by atoms with Gasteiger partial charge in [-0.1, -0.05) is 82.0 Å². The van der Waals surface area contributed by atoms with E-state index >= 15 is 0 Å². The molecule has 2 fully saturated rings. The fourth-order valence-electron chi connectivity index (χ4n) is 11.9. The number of sulfone groups is 1. The molecule has 78 heavy (non-hydrogen) atoms. The van der Waals surface area contributed by atoms with E-state index in [4.69, 9.17) is 18.9 Å². The standard InChI is InChI=1S/C60H67N7O10S/c1-8-66-48-19-18-40-33-44(48)49-50(55(75-7)51-45(53(49)66)30-37(34-61-51)14-12-21-65-23-26-78(73,74)27-24-65)60(4,5)35-77-59(72)46-17-13-22-67(63-46)57(70)47(31-38-28-41(40)32-42(68)29-38)62-56(69)52(36(2)3)64(6)58(71)54-43(20-25-76-54)39-15-10-9-11-16-39/h9-11,15-16,18-20,25,28-30,32-34,36,46-47,50,52,55,63,68H,8,13,17,21-24,26-27,31,35H2,1-7H3,(H,62,69). The number of benzene rings is 3. The summed E-state index contributed by atoms with van der Waals surface area (Å²) in [5, 5.41) is 16.8. The van der Waals surface area contributed by atoms with Gasteiger partial charge in [0.25, 0.3) is 11.8 Å². The molecule has 4 aliphatic rings. The molecule has 408 valence electrons. The van der Waals surface area contributed by atoms with Gasteiger partial charge in [-0.2, -0.15) is 0 Å². The summed E-state index contributed by atoms with van der Waals surface area (Å²) in [6, 6.07) is 21.3. The van der Waals surface area contributed by atoms with Crippen LogP contribution in [0.15, 0.2) is 95.7 Å². The Morgan fingerprint density at radius 1 is 0.987 bits per heavy atom. The number of fused-ring (bicyclic) bond motifs is 8. The van der Waals surface area contributed by atoms with Gasteiger partial charge in [0.1, 0.15) is 30.0 Å². The second-order valence-electron chi connectivity index (χ2n) is 22.0. The minimum atomic E-state index is -3.03. The Morgan fingerprint density at radius 2 is 1.76 bits per heavy atom. The van der Waals surface area contributed by atoms with Crippen LogP contribution in [0.4, 0.5) is 0 Å². The number of methoxy groups -OCH3 is 1. The van der Waals surface area contributed by atoms with Gasteiger partial charge in [-0.15, -0.1) is 0 Å². The summed E-state index contributed by atoms with van der Waals surface area (Å²) in [4.78, 5) is 66.8. The Balaban J connectivity index is 1.05. The maximum atomic E-state index is 15.0. The van der Waals surface area contributed by atoms with E-state index in [2.05, 4.69) is 60.1 Å². The number of cyclic esters (lactones) is 1. The highest BCUT2D eigenvalue weighted by atomic mass is 32.2. The van der Waals surface area contributed by atoms with Crippen molar-refractivity contribution < 1.29 is 46.6 Å². The molecular formula is C60H67N7O10S. The number of nitrogens with zero attached hydrogens (tertiary/aromatic N) is 5. The summed E-state index contributed by atoms with van der Waals surface area (Å²) < 4.78 is 44.9. The van der Waals surface area contributed by atoms with Gasteiger partial charge in [0, 0.05) is 91.9 Å². The molecule has 18 heteroatoms. The summed E-state index contributed by atoms with van der Waals surface area (Å²) >= 11 is 0. The van der Waals surface area contributed by atoms with Crippen molar-refractivity contribution in [3.05, 3.63) is 119 Å². The quantitative estimate of drug-likeness (QED) is 0.0976. The van der Waals surface area contributed by atoms with Crippen molar-refractivity contribution in [1.29, 1.82) is 0 Å². The molecule has 0 radical (unpaired) electrons. The first-order valence-electron chi connectivity index (χ1n) is 26.7. The second-order valence-corrected chi connectivity index (χ2v) is 24.3. The number of rotatable bonds is 9. The molecule has 3 aliphatic heterocycles. The van der Waals surface area contributed by atoms with E-state index in [1.54, 1.807) is 38.6 Å². The zero-order chi connectivity index (χ0) is 55.2. The number of nitrogens with one attached hydrogen (secondary N) is 2. The predicted molar refractivity (Wildman–Crippen MR) is 296 cm³/mol. The number of phenolic OH excluding ortho intramolecular Hbond substituents is 1. The molecule has 6 bridgehead atoms. The number of esters is 1. The van der Waals surface area contributed by atoms with Crippen LogP contribution in [-0.2, 0) is 46.7 Å². The van der Waals surface area contributed by atoms with E-state index in [0.717, 1.165) is 44.5 Å². The molecule has 3 N–H and O–H groups in total. The van der Waals surface area contributed by atoms with Gasteiger partial charge in [0.2, 0.25) is 5.91 Å². The Bertz CT molecular complexity index is 3470. The average molecular weight is 1080 g/mol. The fourth-order valence-corrected chi connectivity index (χ4v) is 13.2. The molecule has 3 aromatic carbocycles. The Kier molecular flexibility index (Phi) is 15.1. The van der Waals surface area contributed by atoms with Crippen LogP contribution in [0.25, 0.3) is 44.4 Å². The van der Waals surface area contributed by atoms with Crippen LogP contribution in [-0.4, -0.2) is 138 Å². The number of hydrazine groups is 1. The van der Waals surface area contributed by atoms with Crippen molar-refractivity contribution in [2.75, 3.05) is 58.4 Å². The van der Waals surface area contributed by atoms with Crippen LogP contribution in [0.3, 0.4) is 0 Å². The largest absolute Gasteiger partial charge is 0.508 e. The molecule has 6 heterocycles. The molecule has 2 saturated heterocycles. The molecule has 6 aromatic rings. The molecule has 3 aromatic heterocycles. The van der Waals surface area contributed by atoms with Gasteiger partial charge in [-0.25, -0.2) is 13.8 Å². The Morgan fingerprint density at radius 3 is 2.49 bits per heavy atom. The molecule has 5 unspecified atom stereocenters. The van der Waals surface area contributed by atoms with Gasteiger partial charge >= 0.3 is 5.97 Å². The van der Waals surface area contributed by atoms with E-state index in [-0.39, 0.29) is 42.6 Å². The topological polar surface area (TPSA) is 206 Å². The zero-order valence-electron chi connectivity index (χ0n) is 45.2. The summed E-state index contributed by atoms with van der Waals surface area (Å²) in [7, 11) is 0.179. The number of hydrogen-bond donors (Lipinski definition) is 3. The van der Waals surface area contributed by atoms with Crippen molar-refractivity contribution in [2.45, 2.75) is 90.6 Å². The lowest BCUT2D eigenvalue weighted by Gasteiger charge is -2.42. The van der Waals surface area contributed by atoms with E-state index < -0.39 is 75.0 Å².